The molecular weight excluding hydrogens is 282 g/mol. The zero-order valence-electron chi connectivity index (χ0n) is 15.2. The summed E-state index contributed by atoms with van der Waals surface area (Å²) in [6.07, 6.45) is 5.83. The quantitative estimate of drug-likeness (QED) is 0.798. The van der Waals surface area contributed by atoms with E-state index >= 15 is 0 Å². The molecule has 1 aliphatic rings. The van der Waals surface area contributed by atoms with Gasteiger partial charge in [0.05, 0.1) is 0 Å². The first-order valence-electron chi connectivity index (χ1n) is 8.29. The summed E-state index contributed by atoms with van der Waals surface area (Å²) < 4.78 is 0. The molecule has 0 fully saturated rings. The standard InChI is InChI=1S/C20H31NSi/c1-19(2,3)17-14-11-15-18(17)22(7,21-20(4,5)6)16-12-9-8-10-13-16/h8-13,15,21H,14H2,1-7H3. The van der Waals surface area contributed by atoms with Gasteiger partial charge in [0.2, 0.25) is 0 Å². The molecule has 0 amide bonds. The second kappa shape index (κ2) is 5.82. The van der Waals surface area contributed by atoms with Crippen LogP contribution in [0.2, 0.25) is 6.55 Å². The predicted molar refractivity (Wildman–Crippen MR) is 101 cm³/mol. The van der Waals surface area contributed by atoms with Crippen molar-refractivity contribution in [3.8, 4) is 0 Å². The van der Waals surface area contributed by atoms with Crippen molar-refractivity contribution in [3.05, 3.63) is 53.3 Å². The number of hydrogen-bond donors (Lipinski definition) is 1. The van der Waals surface area contributed by atoms with Crippen LogP contribution in [-0.4, -0.2) is 13.8 Å². The summed E-state index contributed by atoms with van der Waals surface area (Å²) in [6.45, 7) is 16.3. The van der Waals surface area contributed by atoms with E-state index in [1.807, 2.05) is 0 Å². The summed E-state index contributed by atoms with van der Waals surface area (Å²) in [4.78, 5) is 4.02. The van der Waals surface area contributed by atoms with Crippen molar-refractivity contribution in [2.24, 2.45) is 5.41 Å². The molecule has 0 saturated carbocycles. The number of nitrogens with one attached hydrogen (secondary N) is 1. The number of rotatable bonds is 3. The summed E-state index contributed by atoms with van der Waals surface area (Å²) in [7, 11) is -1.96. The van der Waals surface area contributed by atoms with E-state index in [2.05, 4.69) is 95.6 Å². The van der Waals surface area contributed by atoms with Crippen LogP contribution in [0.25, 0.3) is 0 Å². The first-order valence-corrected chi connectivity index (χ1v) is 10.8. The van der Waals surface area contributed by atoms with E-state index in [4.69, 9.17) is 0 Å². The van der Waals surface area contributed by atoms with Gasteiger partial charge in [-0.25, -0.2) is 0 Å². The lowest BCUT2D eigenvalue weighted by Gasteiger charge is -2.39. The molecule has 0 heterocycles. The molecule has 0 radical (unpaired) electrons. The number of allylic oxidation sites excluding steroid dienone is 4. The monoisotopic (exact) mass is 313 g/mol. The van der Waals surface area contributed by atoms with Crippen molar-refractivity contribution in [2.75, 3.05) is 0 Å². The number of hydrogen-bond acceptors (Lipinski definition) is 1. The van der Waals surface area contributed by atoms with Gasteiger partial charge in [-0.05, 0) is 49.5 Å². The Balaban J connectivity index is 2.62. The Hall–Kier alpha value is -1.12. The van der Waals surface area contributed by atoms with Gasteiger partial charge < -0.3 is 4.98 Å². The average molecular weight is 314 g/mol. The summed E-state index contributed by atoms with van der Waals surface area (Å²) in [5.41, 5.74) is 1.92. The molecule has 2 heteroatoms. The van der Waals surface area contributed by atoms with Crippen LogP contribution >= 0.6 is 0 Å². The SMILES string of the molecule is CC(C)(C)N[Si](C)(C1=C(C(C)(C)C)CC=C1)c1ccccc1. The van der Waals surface area contributed by atoms with Crippen molar-refractivity contribution in [1.29, 1.82) is 0 Å². The maximum atomic E-state index is 4.02. The van der Waals surface area contributed by atoms with Crippen LogP contribution < -0.4 is 10.2 Å². The number of benzene rings is 1. The third-order valence-electron chi connectivity index (χ3n) is 4.35. The van der Waals surface area contributed by atoms with Crippen LogP contribution in [-0.2, 0) is 0 Å². The highest BCUT2D eigenvalue weighted by Crippen LogP contribution is 2.38. The van der Waals surface area contributed by atoms with Gasteiger partial charge in [-0.2, -0.15) is 0 Å². The van der Waals surface area contributed by atoms with Crippen molar-refractivity contribution < 1.29 is 0 Å². The van der Waals surface area contributed by atoms with Crippen LogP contribution in [0.4, 0.5) is 0 Å². The first kappa shape index (κ1) is 17.2. The molecule has 1 aliphatic carbocycles. The van der Waals surface area contributed by atoms with E-state index in [-0.39, 0.29) is 11.0 Å². The molecule has 22 heavy (non-hydrogen) atoms. The van der Waals surface area contributed by atoms with E-state index in [1.165, 1.54) is 5.19 Å². The van der Waals surface area contributed by atoms with Gasteiger partial charge in [0.15, 0.2) is 8.24 Å². The zero-order valence-corrected chi connectivity index (χ0v) is 16.2. The maximum Gasteiger partial charge on any atom is 0.187 e. The van der Waals surface area contributed by atoms with E-state index in [1.54, 1.807) is 10.8 Å². The molecule has 1 atom stereocenters. The molecule has 1 nitrogen and oxygen atoms in total. The van der Waals surface area contributed by atoms with Gasteiger partial charge in [-0.3, -0.25) is 0 Å². The van der Waals surface area contributed by atoms with Gasteiger partial charge in [0.1, 0.15) is 0 Å². The third kappa shape index (κ3) is 3.61. The average Bonchev–Trinajstić information content (AvgIpc) is 2.87. The fraction of sp³-hybridized carbons (Fsp3) is 0.500. The third-order valence-corrected chi connectivity index (χ3v) is 8.64. The summed E-state index contributed by atoms with van der Waals surface area (Å²) in [5, 5.41) is 3.04. The van der Waals surface area contributed by atoms with Crippen molar-refractivity contribution >= 4 is 13.4 Å². The Kier molecular flexibility index (Phi) is 4.56. The minimum Gasteiger partial charge on any atom is -0.326 e. The van der Waals surface area contributed by atoms with Crippen molar-refractivity contribution in [3.63, 3.8) is 0 Å². The van der Waals surface area contributed by atoms with Crippen LogP contribution in [0, 0.1) is 5.41 Å². The minimum atomic E-state index is -1.96. The predicted octanol–water partition coefficient (Wildman–Crippen LogP) is 4.70. The highest BCUT2D eigenvalue weighted by molar-refractivity contribution is 6.95. The van der Waals surface area contributed by atoms with Crippen molar-refractivity contribution in [2.45, 2.75) is 60.0 Å². The van der Waals surface area contributed by atoms with Crippen molar-refractivity contribution in [1.82, 2.24) is 4.98 Å². The van der Waals surface area contributed by atoms with E-state index in [0.29, 0.717) is 0 Å². The van der Waals surface area contributed by atoms with Crippen LogP contribution in [0.1, 0.15) is 48.0 Å². The normalized spacial score (nSPS) is 18.7. The van der Waals surface area contributed by atoms with E-state index in [9.17, 15) is 0 Å². The molecule has 1 aromatic rings. The Morgan fingerprint density at radius 3 is 2.05 bits per heavy atom. The zero-order chi connectivity index (χ0) is 16.6. The molecular formula is C20H31NSi. The van der Waals surface area contributed by atoms with Gasteiger partial charge >= 0.3 is 0 Å². The highest BCUT2D eigenvalue weighted by atomic mass is 28.3. The molecule has 1 unspecified atom stereocenters. The summed E-state index contributed by atoms with van der Waals surface area (Å²) in [6, 6.07) is 11.0. The fourth-order valence-corrected chi connectivity index (χ4v) is 7.98. The molecule has 1 aromatic carbocycles. The maximum absolute atomic E-state index is 4.02. The largest absolute Gasteiger partial charge is 0.326 e. The molecule has 120 valence electrons. The van der Waals surface area contributed by atoms with E-state index < -0.39 is 8.24 Å². The molecule has 0 bridgehead atoms. The molecule has 0 saturated heterocycles. The lowest BCUT2D eigenvalue weighted by molar-refractivity contribution is 0.491. The van der Waals surface area contributed by atoms with Gasteiger partial charge in [-0.1, -0.05) is 68.8 Å². The Morgan fingerprint density at radius 2 is 1.55 bits per heavy atom. The lowest BCUT2D eigenvalue weighted by atomic mass is 9.86. The Labute approximate surface area is 137 Å². The smallest absolute Gasteiger partial charge is 0.187 e. The lowest BCUT2D eigenvalue weighted by Crippen LogP contribution is -2.65. The Morgan fingerprint density at radius 1 is 0.955 bits per heavy atom. The second-order valence-corrected chi connectivity index (χ2v) is 12.2. The summed E-state index contributed by atoms with van der Waals surface area (Å²) in [5.74, 6) is 0. The van der Waals surface area contributed by atoms with Crippen LogP contribution in [0.5, 0.6) is 0 Å². The van der Waals surface area contributed by atoms with Gasteiger partial charge in [-0.15, -0.1) is 0 Å². The summed E-state index contributed by atoms with van der Waals surface area (Å²) >= 11 is 0. The minimum absolute atomic E-state index is 0.100. The van der Waals surface area contributed by atoms with E-state index in [0.717, 1.165) is 6.42 Å². The van der Waals surface area contributed by atoms with Gasteiger partial charge in [0, 0.05) is 5.54 Å². The second-order valence-electron chi connectivity index (χ2n) is 8.61. The molecule has 0 aliphatic heterocycles. The molecule has 0 aromatic heterocycles. The highest BCUT2D eigenvalue weighted by Gasteiger charge is 2.40. The van der Waals surface area contributed by atoms with Crippen LogP contribution in [0.15, 0.2) is 53.3 Å². The molecule has 1 N–H and O–H groups in total. The molecule has 0 spiro atoms. The topological polar surface area (TPSA) is 12.0 Å². The Bertz CT molecular complexity index is 584. The fourth-order valence-electron chi connectivity index (χ4n) is 3.50. The first-order chi connectivity index (χ1) is 10.0. The molecule has 2 rings (SSSR count). The van der Waals surface area contributed by atoms with Crippen LogP contribution in [0.3, 0.4) is 0 Å². The van der Waals surface area contributed by atoms with Gasteiger partial charge in [0.25, 0.3) is 0 Å².